The van der Waals surface area contributed by atoms with Gasteiger partial charge in [-0.1, -0.05) is 60.7 Å². The van der Waals surface area contributed by atoms with Crippen LogP contribution in [-0.4, -0.2) is 9.67 Å². The predicted molar refractivity (Wildman–Crippen MR) is 87.2 cm³/mol. The first-order valence-corrected chi connectivity index (χ1v) is 7.19. The summed E-state index contributed by atoms with van der Waals surface area (Å²) in [6.07, 6.45) is 1.65. The van der Waals surface area contributed by atoms with Gasteiger partial charge < -0.3 is 9.67 Å². The van der Waals surface area contributed by atoms with Crippen molar-refractivity contribution >= 4 is 0 Å². The zero-order valence-corrected chi connectivity index (χ0v) is 12.3. The van der Waals surface area contributed by atoms with Crippen molar-refractivity contribution in [2.24, 2.45) is 0 Å². The van der Waals surface area contributed by atoms with Crippen LogP contribution in [0, 0.1) is 6.92 Å². The van der Waals surface area contributed by atoms with Crippen LogP contribution in [0.15, 0.2) is 77.7 Å². The van der Waals surface area contributed by atoms with Crippen molar-refractivity contribution in [2.75, 3.05) is 0 Å². The monoisotopic (exact) mass is 291 g/mol. The molecule has 1 aromatic heterocycles. The summed E-state index contributed by atoms with van der Waals surface area (Å²) < 4.78 is 1.67. The number of nitrogens with zero attached hydrogens (tertiary/aromatic N) is 1. The van der Waals surface area contributed by atoms with E-state index in [2.05, 4.69) is 0 Å². The summed E-state index contributed by atoms with van der Waals surface area (Å²) in [5.41, 5.74) is 2.24. The molecule has 22 heavy (non-hydrogen) atoms. The maximum atomic E-state index is 12.6. The Morgan fingerprint density at radius 2 is 1.36 bits per heavy atom. The number of aromatic nitrogens is 1. The Morgan fingerprint density at radius 3 is 1.86 bits per heavy atom. The minimum atomic E-state index is -0.214. The number of hydrogen-bond acceptors (Lipinski definition) is 2. The lowest BCUT2D eigenvalue weighted by Crippen LogP contribution is -2.27. The lowest BCUT2D eigenvalue weighted by molar-refractivity contribution is 0.465. The third-order valence-electron chi connectivity index (χ3n) is 3.84. The maximum Gasteiger partial charge on any atom is 0.258 e. The van der Waals surface area contributed by atoms with Crippen LogP contribution >= 0.6 is 0 Å². The average Bonchev–Trinajstić information content (AvgIpc) is 2.57. The van der Waals surface area contributed by atoms with Crippen molar-refractivity contribution in [3.8, 4) is 5.75 Å². The normalized spacial score (nSPS) is 10.8. The average molecular weight is 291 g/mol. The van der Waals surface area contributed by atoms with E-state index in [1.54, 1.807) is 23.8 Å². The van der Waals surface area contributed by atoms with Gasteiger partial charge in [0, 0.05) is 6.20 Å². The van der Waals surface area contributed by atoms with E-state index in [1.165, 1.54) is 0 Å². The van der Waals surface area contributed by atoms with E-state index in [1.807, 2.05) is 60.7 Å². The van der Waals surface area contributed by atoms with Gasteiger partial charge in [-0.3, -0.25) is 4.79 Å². The van der Waals surface area contributed by atoms with Crippen molar-refractivity contribution < 1.29 is 5.11 Å². The zero-order valence-electron chi connectivity index (χ0n) is 12.3. The molecule has 0 aliphatic carbocycles. The third-order valence-corrected chi connectivity index (χ3v) is 3.84. The second-order valence-electron chi connectivity index (χ2n) is 5.26. The first-order valence-electron chi connectivity index (χ1n) is 7.19. The minimum absolute atomic E-state index is 0.0288. The van der Waals surface area contributed by atoms with Crippen LogP contribution in [0.3, 0.4) is 0 Å². The SMILES string of the molecule is Cc1c(O)ccn(C(c2ccccc2)c2ccccc2)c1=O. The summed E-state index contributed by atoms with van der Waals surface area (Å²) in [7, 11) is 0. The summed E-state index contributed by atoms with van der Waals surface area (Å²) in [5, 5.41) is 9.73. The summed E-state index contributed by atoms with van der Waals surface area (Å²) in [6.45, 7) is 1.64. The summed E-state index contributed by atoms with van der Waals surface area (Å²) in [4.78, 5) is 12.6. The highest BCUT2D eigenvalue weighted by molar-refractivity contribution is 5.35. The van der Waals surface area contributed by atoms with E-state index < -0.39 is 0 Å². The van der Waals surface area contributed by atoms with E-state index in [4.69, 9.17) is 0 Å². The topological polar surface area (TPSA) is 42.2 Å². The molecular weight excluding hydrogens is 274 g/mol. The van der Waals surface area contributed by atoms with E-state index in [0.717, 1.165) is 11.1 Å². The Bertz CT molecular complexity index is 784. The van der Waals surface area contributed by atoms with E-state index >= 15 is 0 Å². The molecule has 110 valence electrons. The number of pyridine rings is 1. The van der Waals surface area contributed by atoms with Gasteiger partial charge in [0.05, 0.1) is 11.6 Å². The molecule has 1 heterocycles. The lowest BCUT2D eigenvalue weighted by Gasteiger charge is -2.21. The molecule has 0 aliphatic heterocycles. The van der Waals surface area contributed by atoms with Gasteiger partial charge in [-0.2, -0.15) is 0 Å². The molecule has 3 rings (SSSR count). The fourth-order valence-electron chi connectivity index (χ4n) is 2.63. The number of benzene rings is 2. The van der Waals surface area contributed by atoms with Gasteiger partial charge in [-0.15, -0.1) is 0 Å². The van der Waals surface area contributed by atoms with Gasteiger partial charge in [0.1, 0.15) is 5.75 Å². The summed E-state index contributed by atoms with van der Waals surface area (Å²) in [6, 6.07) is 21.1. The van der Waals surface area contributed by atoms with Crippen LogP contribution in [-0.2, 0) is 0 Å². The lowest BCUT2D eigenvalue weighted by atomic mass is 9.98. The number of rotatable bonds is 3. The Hall–Kier alpha value is -2.81. The van der Waals surface area contributed by atoms with Crippen molar-refractivity contribution in [3.63, 3.8) is 0 Å². The molecule has 0 fully saturated rings. The van der Waals surface area contributed by atoms with Gasteiger partial charge in [0.2, 0.25) is 0 Å². The van der Waals surface area contributed by atoms with Gasteiger partial charge in [0.25, 0.3) is 5.56 Å². The Kier molecular flexibility index (Phi) is 3.79. The van der Waals surface area contributed by atoms with Gasteiger partial charge >= 0.3 is 0 Å². The smallest absolute Gasteiger partial charge is 0.258 e. The second kappa shape index (κ2) is 5.90. The minimum Gasteiger partial charge on any atom is -0.507 e. The molecule has 0 saturated heterocycles. The molecule has 0 spiro atoms. The zero-order chi connectivity index (χ0) is 15.5. The van der Waals surface area contributed by atoms with Crippen LogP contribution in [0.2, 0.25) is 0 Å². The number of hydrogen-bond donors (Lipinski definition) is 1. The Morgan fingerprint density at radius 1 is 0.864 bits per heavy atom. The van der Waals surface area contributed by atoms with Crippen LogP contribution in [0.25, 0.3) is 0 Å². The van der Waals surface area contributed by atoms with Crippen LogP contribution in [0.4, 0.5) is 0 Å². The second-order valence-corrected chi connectivity index (χ2v) is 5.26. The fraction of sp³-hybridized carbons (Fsp3) is 0.105. The van der Waals surface area contributed by atoms with Crippen LogP contribution < -0.4 is 5.56 Å². The van der Waals surface area contributed by atoms with Gasteiger partial charge in [-0.25, -0.2) is 0 Å². The molecule has 3 nitrogen and oxygen atoms in total. The molecule has 0 aliphatic rings. The fourth-order valence-corrected chi connectivity index (χ4v) is 2.63. The molecule has 3 heteroatoms. The van der Waals surface area contributed by atoms with E-state index in [-0.39, 0.29) is 17.4 Å². The first-order chi connectivity index (χ1) is 10.7. The molecule has 3 aromatic rings. The standard InChI is InChI=1S/C19H17NO2/c1-14-17(21)12-13-20(19(14)22)18(15-8-4-2-5-9-15)16-10-6-3-7-11-16/h2-13,18,21H,1H3. The maximum absolute atomic E-state index is 12.6. The molecule has 1 N–H and O–H groups in total. The molecule has 0 radical (unpaired) electrons. The van der Waals surface area contributed by atoms with Crippen LogP contribution in [0.1, 0.15) is 22.7 Å². The molecule has 2 aromatic carbocycles. The quantitative estimate of drug-likeness (QED) is 0.802. The molecule has 0 unspecified atom stereocenters. The summed E-state index contributed by atoms with van der Waals surface area (Å²) in [5.74, 6) is 0.0288. The van der Waals surface area contributed by atoms with Crippen molar-refractivity contribution in [3.05, 3.63) is 100.0 Å². The van der Waals surface area contributed by atoms with E-state index in [0.29, 0.717) is 5.56 Å². The Balaban J connectivity index is 2.24. The first kappa shape index (κ1) is 14.1. The van der Waals surface area contributed by atoms with Gasteiger partial charge in [-0.05, 0) is 24.1 Å². The predicted octanol–water partition coefficient (Wildman–Crippen LogP) is 3.50. The van der Waals surface area contributed by atoms with Crippen molar-refractivity contribution in [1.29, 1.82) is 0 Å². The number of aromatic hydroxyl groups is 1. The third kappa shape index (κ3) is 2.53. The van der Waals surface area contributed by atoms with Gasteiger partial charge in [0.15, 0.2) is 0 Å². The van der Waals surface area contributed by atoms with Crippen molar-refractivity contribution in [2.45, 2.75) is 13.0 Å². The summed E-state index contributed by atoms with van der Waals surface area (Å²) >= 11 is 0. The largest absolute Gasteiger partial charge is 0.507 e. The van der Waals surface area contributed by atoms with Crippen LogP contribution in [0.5, 0.6) is 5.75 Å². The van der Waals surface area contributed by atoms with E-state index in [9.17, 15) is 9.90 Å². The highest BCUT2D eigenvalue weighted by Gasteiger charge is 2.18. The molecule has 0 atom stereocenters. The molecule has 0 amide bonds. The molecular formula is C19H17NO2. The molecule has 0 bridgehead atoms. The Labute approximate surface area is 129 Å². The van der Waals surface area contributed by atoms with Crippen molar-refractivity contribution in [1.82, 2.24) is 4.57 Å². The highest BCUT2D eigenvalue weighted by atomic mass is 16.3. The highest BCUT2D eigenvalue weighted by Crippen LogP contribution is 2.26. The molecule has 0 saturated carbocycles.